The van der Waals surface area contributed by atoms with E-state index in [0.29, 0.717) is 10.1 Å². The molecule has 110 valence electrons. The Kier molecular flexibility index (Phi) is 4.55. The van der Waals surface area contributed by atoms with Gasteiger partial charge in [0.25, 0.3) is 0 Å². The molecule has 0 bridgehead atoms. The molecule has 0 saturated carbocycles. The van der Waals surface area contributed by atoms with Crippen molar-refractivity contribution >= 4 is 33.0 Å². The lowest BCUT2D eigenvalue weighted by molar-refractivity contribution is 0.0603. The molecule has 0 radical (unpaired) electrons. The van der Waals surface area contributed by atoms with E-state index in [0.717, 1.165) is 11.3 Å². The molecular weight excluding hydrogens is 322 g/mol. The van der Waals surface area contributed by atoms with Crippen molar-refractivity contribution in [3.05, 3.63) is 40.6 Å². The van der Waals surface area contributed by atoms with Crippen LogP contribution in [0.4, 0.5) is 0 Å². The standard InChI is InChI=1S/C12H14ClNO4S2/c1-12(15,7-9-3-2-6-18-9)8-14-20(16,17)11-5-4-10(13)19-11/h2-6,14-15H,7-8H2,1H3/t12-/m1/s1. The largest absolute Gasteiger partial charge is 0.469 e. The van der Waals surface area contributed by atoms with Crippen LogP contribution < -0.4 is 4.72 Å². The predicted molar refractivity (Wildman–Crippen MR) is 77.6 cm³/mol. The van der Waals surface area contributed by atoms with Gasteiger partial charge in [-0.05, 0) is 31.2 Å². The van der Waals surface area contributed by atoms with Crippen molar-refractivity contribution in [2.75, 3.05) is 6.54 Å². The summed E-state index contributed by atoms with van der Waals surface area (Å²) in [7, 11) is -3.66. The first-order valence-corrected chi connectivity index (χ1v) is 8.46. The second-order valence-corrected chi connectivity index (χ2v) is 8.35. The van der Waals surface area contributed by atoms with Crippen LogP contribution in [-0.2, 0) is 16.4 Å². The van der Waals surface area contributed by atoms with Gasteiger partial charge in [0.1, 0.15) is 9.97 Å². The maximum absolute atomic E-state index is 12.0. The lowest BCUT2D eigenvalue weighted by atomic mass is 10.0. The van der Waals surface area contributed by atoms with Gasteiger partial charge < -0.3 is 9.52 Å². The van der Waals surface area contributed by atoms with Crippen LogP contribution in [-0.4, -0.2) is 25.7 Å². The first kappa shape index (κ1) is 15.5. The van der Waals surface area contributed by atoms with E-state index in [-0.39, 0.29) is 17.2 Å². The number of rotatable bonds is 6. The molecule has 1 atom stereocenters. The maximum atomic E-state index is 12.0. The van der Waals surface area contributed by atoms with Crippen LogP contribution in [0.25, 0.3) is 0 Å². The molecule has 0 aromatic carbocycles. The minimum absolute atomic E-state index is 0.119. The molecule has 0 aliphatic carbocycles. The summed E-state index contributed by atoms with van der Waals surface area (Å²) in [5.41, 5.74) is -1.24. The highest BCUT2D eigenvalue weighted by Crippen LogP contribution is 2.25. The third kappa shape index (κ3) is 4.07. The van der Waals surface area contributed by atoms with Crippen molar-refractivity contribution in [2.45, 2.75) is 23.2 Å². The summed E-state index contributed by atoms with van der Waals surface area (Å²) >= 11 is 6.68. The molecule has 0 amide bonds. The van der Waals surface area contributed by atoms with Gasteiger partial charge in [-0.2, -0.15) is 0 Å². The molecule has 0 unspecified atom stereocenters. The third-order valence-corrected chi connectivity index (χ3v) is 5.72. The smallest absolute Gasteiger partial charge is 0.250 e. The van der Waals surface area contributed by atoms with Gasteiger partial charge in [-0.15, -0.1) is 11.3 Å². The van der Waals surface area contributed by atoms with E-state index in [1.165, 1.54) is 18.4 Å². The van der Waals surface area contributed by atoms with Gasteiger partial charge in [-0.3, -0.25) is 0 Å². The first-order chi connectivity index (χ1) is 9.28. The monoisotopic (exact) mass is 335 g/mol. The Labute approximate surface area is 126 Å². The van der Waals surface area contributed by atoms with Crippen LogP contribution in [0.2, 0.25) is 4.34 Å². The Hall–Kier alpha value is -0.860. The summed E-state index contributed by atoms with van der Waals surface area (Å²) < 4.78 is 32.0. The number of sulfonamides is 1. The molecule has 5 nitrogen and oxygen atoms in total. The van der Waals surface area contributed by atoms with Gasteiger partial charge in [0.05, 0.1) is 16.2 Å². The third-order valence-electron chi connectivity index (χ3n) is 2.59. The van der Waals surface area contributed by atoms with Gasteiger partial charge in [0.15, 0.2) is 0 Å². The van der Waals surface area contributed by atoms with Crippen LogP contribution in [0.5, 0.6) is 0 Å². The molecule has 0 aliphatic rings. The maximum Gasteiger partial charge on any atom is 0.250 e. The van der Waals surface area contributed by atoms with E-state index in [9.17, 15) is 13.5 Å². The number of furan rings is 1. The SMILES string of the molecule is C[C@](O)(CNS(=O)(=O)c1ccc(Cl)s1)Cc1ccco1. The minimum atomic E-state index is -3.66. The number of aliphatic hydroxyl groups is 1. The zero-order chi connectivity index (χ0) is 14.8. The molecule has 2 aromatic rings. The van der Waals surface area contributed by atoms with Crippen molar-refractivity contribution in [3.63, 3.8) is 0 Å². The number of nitrogens with one attached hydrogen (secondary N) is 1. The summed E-state index contributed by atoms with van der Waals surface area (Å²) in [6.07, 6.45) is 1.72. The fourth-order valence-corrected chi connectivity index (χ4v) is 4.30. The molecule has 0 saturated heterocycles. The Morgan fingerprint density at radius 2 is 2.20 bits per heavy atom. The van der Waals surface area contributed by atoms with E-state index >= 15 is 0 Å². The van der Waals surface area contributed by atoms with E-state index in [2.05, 4.69) is 4.72 Å². The van der Waals surface area contributed by atoms with E-state index in [1.54, 1.807) is 19.1 Å². The lowest BCUT2D eigenvalue weighted by Gasteiger charge is -2.22. The summed E-state index contributed by atoms with van der Waals surface area (Å²) in [5, 5.41) is 10.2. The Morgan fingerprint density at radius 1 is 1.45 bits per heavy atom. The summed E-state index contributed by atoms with van der Waals surface area (Å²) in [4.78, 5) is 0. The molecule has 2 heterocycles. The highest BCUT2D eigenvalue weighted by molar-refractivity contribution is 7.91. The Balaban J connectivity index is 2.00. The Morgan fingerprint density at radius 3 is 2.75 bits per heavy atom. The molecule has 20 heavy (non-hydrogen) atoms. The van der Waals surface area contributed by atoms with Crippen molar-refractivity contribution in [3.8, 4) is 0 Å². The second kappa shape index (κ2) is 5.87. The van der Waals surface area contributed by atoms with Gasteiger partial charge in [0.2, 0.25) is 10.0 Å². The normalized spacial score (nSPS) is 15.2. The fourth-order valence-electron chi connectivity index (χ4n) is 1.61. The number of hydrogen-bond acceptors (Lipinski definition) is 5. The van der Waals surface area contributed by atoms with Gasteiger partial charge in [-0.1, -0.05) is 11.6 Å². The highest BCUT2D eigenvalue weighted by atomic mass is 35.5. The second-order valence-electron chi connectivity index (χ2n) is 4.64. The van der Waals surface area contributed by atoms with Crippen molar-refractivity contribution in [1.29, 1.82) is 0 Å². The summed E-state index contributed by atoms with van der Waals surface area (Å²) in [6, 6.07) is 6.38. The molecule has 8 heteroatoms. The first-order valence-electron chi connectivity index (χ1n) is 5.78. The highest BCUT2D eigenvalue weighted by Gasteiger charge is 2.26. The number of hydrogen-bond donors (Lipinski definition) is 2. The fraction of sp³-hybridized carbons (Fsp3) is 0.333. The Bertz CT molecular complexity index is 661. The van der Waals surface area contributed by atoms with Gasteiger partial charge in [-0.25, -0.2) is 13.1 Å². The zero-order valence-electron chi connectivity index (χ0n) is 10.7. The average molecular weight is 336 g/mol. The van der Waals surface area contributed by atoms with Crippen LogP contribution in [0.1, 0.15) is 12.7 Å². The van der Waals surface area contributed by atoms with Crippen LogP contribution in [0.3, 0.4) is 0 Å². The van der Waals surface area contributed by atoms with E-state index in [4.69, 9.17) is 16.0 Å². The number of thiophene rings is 1. The quantitative estimate of drug-likeness (QED) is 0.848. The molecular formula is C12H14ClNO4S2. The van der Waals surface area contributed by atoms with Crippen LogP contribution in [0.15, 0.2) is 39.2 Å². The lowest BCUT2D eigenvalue weighted by Crippen LogP contribution is -2.41. The van der Waals surface area contributed by atoms with E-state index in [1.807, 2.05) is 0 Å². The molecule has 2 N–H and O–H groups in total. The zero-order valence-corrected chi connectivity index (χ0v) is 13.1. The molecule has 2 rings (SSSR count). The molecule has 2 aromatic heterocycles. The summed E-state index contributed by atoms with van der Waals surface area (Å²) in [6.45, 7) is 1.42. The van der Waals surface area contributed by atoms with Crippen LogP contribution in [0, 0.1) is 0 Å². The van der Waals surface area contributed by atoms with Crippen LogP contribution >= 0.6 is 22.9 Å². The van der Waals surface area contributed by atoms with Crippen molar-refractivity contribution < 1.29 is 17.9 Å². The predicted octanol–water partition coefficient (Wildman–Crippen LogP) is 2.27. The number of halogens is 1. The van der Waals surface area contributed by atoms with Crippen molar-refractivity contribution in [1.82, 2.24) is 4.72 Å². The van der Waals surface area contributed by atoms with Crippen molar-refractivity contribution in [2.24, 2.45) is 0 Å². The topological polar surface area (TPSA) is 79.5 Å². The van der Waals surface area contributed by atoms with Gasteiger partial charge in [0, 0.05) is 13.0 Å². The molecule has 0 fully saturated rings. The van der Waals surface area contributed by atoms with Gasteiger partial charge >= 0.3 is 0 Å². The summed E-state index contributed by atoms with van der Waals surface area (Å²) in [5.74, 6) is 0.591. The minimum Gasteiger partial charge on any atom is -0.469 e. The molecule has 0 spiro atoms. The average Bonchev–Trinajstić information content (AvgIpc) is 2.98. The van der Waals surface area contributed by atoms with E-state index < -0.39 is 15.6 Å². The molecule has 0 aliphatic heterocycles.